The predicted octanol–water partition coefficient (Wildman–Crippen LogP) is 1.24. The molecular formula is C5H8O2S2. The van der Waals surface area contributed by atoms with Crippen molar-refractivity contribution in [2.45, 2.75) is 6.92 Å². The van der Waals surface area contributed by atoms with Crippen molar-refractivity contribution in [2.24, 2.45) is 0 Å². The quantitative estimate of drug-likeness (QED) is 0.545. The van der Waals surface area contributed by atoms with E-state index in [1.54, 1.807) is 13.2 Å². The number of thiocarbonyl (C=S) groups is 1. The van der Waals surface area contributed by atoms with Crippen LogP contribution in [0.15, 0.2) is 0 Å². The highest BCUT2D eigenvalue weighted by Gasteiger charge is 2.06. The molecule has 0 N–H and O–H groups in total. The Labute approximate surface area is 64.0 Å². The fraction of sp³-hybridized carbons (Fsp3) is 0.600. The molecule has 0 atom stereocenters. The maximum Gasteiger partial charge on any atom is 0.265 e. The van der Waals surface area contributed by atoms with E-state index in [0.717, 1.165) is 11.8 Å². The first kappa shape index (κ1) is 8.91. The number of rotatable bonds is 1. The van der Waals surface area contributed by atoms with Crippen molar-refractivity contribution in [1.29, 1.82) is 0 Å². The molecule has 0 heterocycles. The summed E-state index contributed by atoms with van der Waals surface area (Å²) >= 11 is 5.65. The van der Waals surface area contributed by atoms with Gasteiger partial charge in [-0.25, -0.2) is 0 Å². The van der Waals surface area contributed by atoms with Crippen LogP contribution in [0, 0.1) is 0 Å². The Bertz CT molecular complexity index is 122. The highest BCUT2D eigenvalue weighted by Crippen LogP contribution is 1.98. The van der Waals surface area contributed by atoms with E-state index in [-0.39, 0.29) is 10.2 Å². The predicted molar refractivity (Wildman–Crippen MR) is 42.7 cm³/mol. The molecule has 52 valence electrons. The molecule has 0 spiro atoms. The molecular weight excluding hydrogens is 156 g/mol. The number of carbonyl (C=O) groups excluding carboxylic acids is 1. The van der Waals surface area contributed by atoms with Crippen molar-refractivity contribution < 1.29 is 9.53 Å². The summed E-state index contributed by atoms with van der Waals surface area (Å²) in [7, 11) is 0. The van der Waals surface area contributed by atoms with Gasteiger partial charge in [-0.3, -0.25) is 4.79 Å². The fourth-order valence-electron chi connectivity index (χ4n) is 0.273. The Morgan fingerprint density at radius 3 is 2.67 bits per heavy atom. The summed E-state index contributed by atoms with van der Waals surface area (Å²) in [6.07, 6.45) is 1.67. The molecule has 9 heavy (non-hydrogen) atoms. The van der Waals surface area contributed by atoms with Gasteiger partial charge in [0.25, 0.3) is 5.12 Å². The van der Waals surface area contributed by atoms with Gasteiger partial charge in [0, 0.05) is 0 Å². The first-order chi connectivity index (χ1) is 4.22. The molecule has 0 saturated heterocycles. The molecule has 0 bridgehead atoms. The van der Waals surface area contributed by atoms with Crippen LogP contribution in [0.3, 0.4) is 0 Å². The summed E-state index contributed by atoms with van der Waals surface area (Å²) < 4.78 is 4.76. The van der Waals surface area contributed by atoms with Gasteiger partial charge in [0.15, 0.2) is 0 Å². The van der Waals surface area contributed by atoms with E-state index in [4.69, 9.17) is 4.74 Å². The van der Waals surface area contributed by atoms with E-state index >= 15 is 0 Å². The van der Waals surface area contributed by atoms with Crippen LogP contribution in [0.25, 0.3) is 0 Å². The van der Waals surface area contributed by atoms with Crippen molar-refractivity contribution in [3.8, 4) is 0 Å². The number of thioether (sulfide) groups is 1. The Morgan fingerprint density at radius 2 is 2.33 bits per heavy atom. The second-order valence-electron chi connectivity index (χ2n) is 1.21. The van der Waals surface area contributed by atoms with E-state index < -0.39 is 0 Å². The summed E-state index contributed by atoms with van der Waals surface area (Å²) in [5, 5.41) is -0.100. The van der Waals surface area contributed by atoms with Crippen molar-refractivity contribution in [3.63, 3.8) is 0 Å². The zero-order valence-corrected chi connectivity index (χ0v) is 6.97. The molecule has 0 fully saturated rings. The molecule has 0 aliphatic heterocycles. The number of hydrogen-bond donors (Lipinski definition) is 0. The minimum atomic E-state index is -0.174. The first-order valence-electron chi connectivity index (χ1n) is 2.47. The lowest BCUT2D eigenvalue weighted by molar-refractivity contribution is -0.106. The molecule has 0 saturated carbocycles. The molecule has 0 radical (unpaired) electrons. The van der Waals surface area contributed by atoms with Crippen molar-refractivity contribution in [2.75, 3.05) is 12.9 Å². The van der Waals surface area contributed by atoms with Gasteiger partial charge in [0.05, 0.1) is 6.61 Å². The van der Waals surface area contributed by atoms with Crippen LogP contribution < -0.4 is 0 Å². The van der Waals surface area contributed by atoms with Crippen LogP contribution in [-0.4, -0.2) is 23.0 Å². The summed E-state index contributed by atoms with van der Waals surface area (Å²) in [4.78, 5) is 10.6. The van der Waals surface area contributed by atoms with Gasteiger partial charge in [-0.1, -0.05) is 11.8 Å². The second-order valence-corrected chi connectivity index (χ2v) is 2.36. The normalized spacial score (nSPS) is 8.67. The van der Waals surface area contributed by atoms with Crippen LogP contribution >= 0.6 is 24.0 Å². The third kappa shape index (κ3) is 3.48. The molecule has 0 aromatic carbocycles. The Kier molecular flexibility index (Phi) is 4.71. The lowest BCUT2D eigenvalue weighted by Crippen LogP contribution is -2.10. The molecule has 4 heteroatoms. The standard InChI is InChI=1S/C5H8O2S2/c1-3-7-5(8)4(6)9-2/h3H2,1-2H3. The van der Waals surface area contributed by atoms with E-state index in [2.05, 4.69) is 12.2 Å². The molecule has 0 aromatic heterocycles. The summed E-state index contributed by atoms with van der Waals surface area (Å²) in [5.74, 6) is 0. The number of carbonyl (C=O) groups is 1. The third-order valence-electron chi connectivity index (χ3n) is 0.627. The highest BCUT2D eigenvalue weighted by molar-refractivity contribution is 8.16. The minimum absolute atomic E-state index is 0.0741. The SMILES string of the molecule is CCOC(=S)C(=O)SC. The smallest absolute Gasteiger partial charge is 0.265 e. The molecule has 0 aliphatic carbocycles. The van der Waals surface area contributed by atoms with Crippen LogP contribution in [0.1, 0.15) is 6.92 Å². The monoisotopic (exact) mass is 164 g/mol. The molecule has 0 unspecified atom stereocenters. The maximum absolute atomic E-state index is 10.6. The van der Waals surface area contributed by atoms with Gasteiger partial charge in [0.1, 0.15) is 0 Å². The zero-order valence-electron chi connectivity index (χ0n) is 5.34. The lowest BCUT2D eigenvalue weighted by atomic mass is 10.8. The average molecular weight is 164 g/mol. The van der Waals surface area contributed by atoms with Gasteiger partial charge in [-0.15, -0.1) is 0 Å². The van der Waals surface area contributed by atoms with Crippen molar-refractivity contribution >= 4 is 34.1 Å². The summed E-state index contributed by atoms with van der Waals surface area (Å²) in [6.45, 7) is 2.26. The van der Waals surface area contributed by atoms with Crippen LogP contribution in [0.5, 0.6) is 0 Å². The Balaban J connectivity index is 3.60. The first-order valence-corrected chi connectivity index (χ1v) is 4.10. The molecule has 0 amide bonds. The van der Waals surface area contributed by atoms with Gasteiger partial charge < -0.3 is 4.74 Å². The molecule has 0 rings (SSSR count). The minimum Gasteiger partial charge on any atom is -0.480 e. The fourth-order valence-corrected chi connectivity index (χ4v) is 0.867. The zero-order chi connectivity index (χ0) is 7.28. The second kappa shape index (κ2) is 4.76. The van der Waals surface area contributed by atoms with Crippen LogP contribution in [0.4, 0.5) is 0 Å². The van der Waals surface area contributed by atoms with E-state index in [0.29, 0.717) is 6.61 Å². The van der Waals surface area contributed by atoms with E-state index in [1.807, 2.05) is 0 Å². The van der Waals surface area contributed by atoms with Crippen LogP contribution in [0.2, 0.25) is 0 Å². The van der Waals surface area contributed by atoms with Crippen LogP contribution in [-0.2, 0) is 9.53 Å². The molecule has 2 nitrogen and oxygen atoms in total. The summed E-state index contributed by atoms with van der Waals surface area (Å²) in [5.41, 5.74) is 0. The average Bonchev–Trinajstić information content (AvgIpc) is 1.87. The van der Waals surface area contributed by atoms with Gasteiger partial charge >= 0.3 is 0 Å². The Hall–Kier alpha value is -0.0900. The van der Waals surface area contributed by atoms with Gasteiger partial charge in [-0.2, -0.15) is 0 Å². The number of hydrogen-bond acceptors (Lipinski definition) is 4. The van der Waals surface area contributed by atoms with Gasteiger partial charge in [-0.05, 0) is 25.4 Å². The molecule has 0 aliphatic rings. The largest absolute Gasteiger partial charge is 0.480 e. The highest BCUT2D eigenvalue weighted by atomic mass is 32.2. The van der Waals surface area contributed by atoms with Gasteiger partial charge in [0.2, 0.25) is 5.05 Å². The maximum atomic E-state index is 10.6. The Morgan fingerprint density at radius 1 is 1.78 bits per heavy atom. The van der Waals surface area contributed by atoms with E-state index in [1.165, 1.54) is 0 Å². The van der Waals surface area contributed by atoms with E-state index in [9.17, 15) is 4.79 Å². The number of ether oxygens (including phenoxy) is 1. The van der Waals surface area contributed by atoms with Crippen molar-refractivity contribution in [1.82, 2.24) is 0 Å². The topological polar surface area (TPSA) is 26.3 Å². The summed E-state index contributed by atoms with van der Waals surface area (Å²) in [6, 6.07) is 0. The third-order valence-corrected chi connectivity index (χ3v) is 1.62. The lowest BCUT2D eigenvalue weighted by Gasteiger charge is -1.98. The van der Waals surface area contributed by atoms with Crippen molar-refractivity contribution in [3.05, 3.63) is 0 Å². The molecule has 0 aromatic rings.